The molecule has 2 N–H and O–H groups in total. The van der Waals surface area contributed by atoms with Crippen LogP contribution in [0.2, 0.25) is 0 Å². The fraction of sp³-hybridized carbons (Fsp3) is 0.308. The molecule has 3 aromatic heterocycles. The predicted molar refractivity (Wildman–Crippen MR) is 135 cm³/mol. The van der Waals surface area contributed by atoms with Gasteiger partial charge in [0, 0.05) is 32.5 Å². The standard InChI is InChI=1S/C26H26FN7O2/c1-4-23(35)33-12-18(9-19(33)13-36-3)34-11-17(24-25(28)29-14-30-26(24)34)7-6-16-8-21-22(10-20(16)27)32(5-2)15-31-21/h4,8,10-11,14-15,18-19H,1,5,9,12-13H2,2-3H3,(H2,28,29,30)/t18-,19+/m0/s1. The molecule has 0 spiro atoms. The van der Waals surface area contributed by atoms with E-state index in [1.54, 1.807) is 24.4 Å². The van der Waals surface area contributed by atoms with Crippen LogP contribution in [-0.2, 0) is 16.1 Å². The van der Waals surface area contributed by atoms with Gasteiger partial charge in [-0.3, -0.25) is 4.79 Å². The fourth-order valence-electron chi connectivity index (χ4n) is 4.87. The largest absolute Gasteiger partial charge is 0.383 e. The van der Waals surface area contributed by atoms with E-state index in [9.17, 15) is 9.18 Å². The molecule has 0 aliphatic carbocycles. The van der Waals surface area contributed by atoms with Gasteiger partial charge in [-0.25, -0.2) is 19.3 Å². The lowest BCUT2D eigenvalue weighted by Gasteiger charge is -2.22. The minimum atomic E-state index is -0.421. The number of methoxy groups -OCH3 is 1. The number of anilines is 1. The summed E-state index contributed by atoms with van der Waals surface area (Å²) in [5, 5.41) is 0.596. The molecule has 4 aromatic rings. The Hall–Kier alpha value is -4.23. The number of amides is 1. The van der Waals surface area contributed by atoms with Gasteiger partial charge in [0.1, 0.15) is 23.6 Å². The molecular formula is C26H26FN7O2. The average molecular weight is 488 g/mol. The van der Waals surface area contributed by atoms with E-state index in [2.05, 4.69) is 33.4 Å². The van der Waals surface area contributed by atoms with Crippen molar-refractivity contribution in [1.82, 2.24) is 29.0 Å². The molecule has 1 aliphatic rings. The predicted octanol–water partition coefficient (Wildman–Crippen LogP) is 2.90. The van der Waals surface area contributed by atoms with Gasteiger partial charge in [-0.15, -0.1) is 0 Å². The van der Waals surface area contributed by atoms with Gasteiger partial charge < -0.3 is 24.5 Å². The van der Waals surface area contributed by atoms with Gasteiger partial charge in [0.05, 0.1) is 52.6 Å². The molecule has 2 atom stereocenters. The molecule has 36 heavy (non-hydrogen) atoms. The highest BCUT2D eigenvalue weighted by molar-refractivity contribution is 5.93. The lowest BCUT2D eigenvalue weighted by Crippen LogP contribution is -2.37. The first-order chi connectivity index (χ1) is 17.4. The first-order valence-corrected chi connectivity index (χ1v) is 11.6. The number of nitrogen functional groups attached to an aromatic ring is 1. The van der Waals surface area contributed by atoms with E-state index in [-0.39, 0.29) is 29.4 Å². The lowest BCUT2D eigenvalue weighted by atomic mass is 10.1. The van der Waals surface area contributed by atoms with Crippen LogP contribution in [0, 0.1) is 17.7 Å². The number of nitrogens with zero attached hydrogens (tertiary/aromatic N) is 6. The van der Waals surface area contributed by atoms with E-state index in [1.165, 1.54) is 18.5 Å². The van der Waals surface area contributed by atoms with Crippen LogP contribution < -0.4 is 5.73 Å². The Kier molecular flexibility index (Phi) is 6.16. The van der Waals surface area contributed by atoms with Crippen LogP contribution in [0.25, 0.3) is 22.1 Å². The van der Waals surface area contributed by atoms with E-state index >= 15 is 0 Å². The zero-order chi connectivity index (χ0) is 25.4. The molecule has 1 fully saturated rings. The zero-order valence-corrected chi connectivity index (χ0v) is 20.1. The summed E-state index contributed by atoms with van der Waals surface area (Å²) in [5.41, 5.74) is 9.05. The highest BCUT2D eigenvalue weighted by Gasteiger charge is 2.36. The Labute approximate surface area is 207 Å². The first kappa shape index (κ1) is 23.5. The molecule has 0 unspecified atom stereocenters. The molecule has 1 amide bonds. The van der Waals surface area contributed by atoms with E-state index in [0.717, 1.165) is 5.52 Å². The molecule has 0 saturated carbocycles. The number of hydrogen-bond acceptors (Lipinski definition) is 6. The Bertz CT molecular complexity index is 1540. The highest BCUT2D eigenvalue weighted by Crippen LogP contribution is 2.33. The third-order valence-corrected chi connectivity index (χ3v) is 6.62. The van der Waals surface area contributed by atoms with Crippen LogP contribution >= 0.6 is 0 Å². The maximum absolute atomic E-state index is 14.9. The Morgan fingerprint density at radius 3 is 2.86 bits per heavy atom. The topological polar surface area (TPSA) is 104 Å². The van der Waals surface area contributed by atoms with Crippen molar-refractivity contribution in [1.29, 1.82) is 0 Å². The Morgan fingerprint density at radius 1 is 1.31 bits per heavy atom. The summed E-state index contributed by atoms with van der Waals surface area (Å²) in [6, 6.07) is 2.93. The van der Waals surface area contributed by atoms with Crippen LogP contribution in [0.5, 0.6) is 0 Å². The number of aryl methyl sites for hydroxylation is 1. The highest BCUT2D eigenvalue weighted by atomic mass is 19.1. The number of carbonyl (C=O) groups is 1. The summed E-state index contributed by atoms with van der Waals surface area (Å²) < 4.78 is 24.1. The van der Waals surface area contributed by atoms with Crippen LogP contribution in [0.1, 0.15) is 30.5 Å². The summed E-state index contributed by atoms with van der Waals surface area (Å²) in [6.07, 6.45) is 6.91. The quantitative estimate of drug-likeness (QED) is 0.343. The van der Waals surface area contributed by atoms with Crippen molar-refractivity contribution < 1.29 is 13.9 Å². The molecule has 4 heterocycles. The van der Waals surface area contributed by atoms with E-state index in [4.69, 9.17) is 10.5 Å². The van der Waals surface area contributed by atoms with Crippen LogP contribution in [0.3, 0.4) is 0 Å². The molecule has 0 bridgehead atoms. The summed E-state index contributed by atoms with van der Waals surface area (Å²) in [6.45, 7) is 7.16. The second kappa shape index (κ2) is 9.43. The number of rotatable bonds is 5. The van der Waals surface area contributed by atoms with Gasteiger partial charge in [0.15, 0.2) is 0 Å². The van der Waals surface area contributed by atoms with Crippen molar-refractivity contribution in [3.8, 4) is 11.8 Å². The number of aromatic nitrogens is 5. The minimum Gasteiger partial charge on any atom is -0.383 e. The second-order valence-corrected chi connectivity index (χ2v) is 8.70. The van der Waals surface area contributed by atoms with Gasteiger partial charge >= 0.3 is 0 Å². The number of ether oxygens (including phenoxy) is 1. The molecule has 1 saturated heterocycles. The smallest absolute Gasteiger partial charge is 0.246 e. The third-order valence-electron chi connectivity index (χ3n) is 6.62. The summed E-state index contributed by atoms with van der Waals surface area (Å²) in [5.74, 6) is 5.72. The molecule has 10 heteroatoms. The summed E-state index contributed by atoms with van der Waals surface area (Å²) in [4.78, 5) is 27.1. The summed E-state index contributed by atoms with van der Waals surface area (Å²) in [7, 11) is 1.61. The van der Waals surface area contributed by atoms with Gasteiger partial charge in [-0.2, -0.15) is 0 Å². The van der Waals surface area contributed by atoms with Crippen molar-refractivity contribution in [3.63, 3.8) is 0 Å². The second-order valence-electron chi connectivity index (χ2n) is 8.70. The van der Waals surface area contributed by atoms with Crippen LogP contribution in [-0.4, -0.2) is 61.2 Å². The maximum Gasteiger partial charge on any atom is 0.246 e. The number of imidazole rings is 1. The monoisotopic (exact) mass is 487 g/mol. The molecule has 1 aliphatic heterocycles. The van der Waals surface area contributed by atoms with E-state index in [1.807, 2.05) is 22.3 Å². The van der Waals surface area contributed by atoms with Crippen molar-refractivity contribution in [3.05, 3.63) is 60.6 Å². The molecule has 5 rings (SSSR count). The van der Waals surface area contributed by atoms with E-state index < -0.39 is 5.82 Å². The van der Waals surface area contributed by atoms with Gasteiger partial charge in [-0.05, 0) is 25.5 Å². The van der Waals surface area contributed by atoms with Crippen molar-refractivity contribution in [2.45, 2.75) is 32.0 Å². The SMILES string of the molecule is C=CC(=O)N1C[C@@H](n2cc(C#Cc3cc4ncn(CC)c4cc3F)c3c(N)ncnc32)C[C@@H]1COC. The number of hydrogen-bond donors (Lipinski definition) is 1. The van der Waals surface area contributed by atoms with Gasteiger partial charge in [-0.1, -0.05) is 18.4 Å². The molecule has 0 radical (unpaired) electrons. The van der Waals surface area contributed by atoms with Crippen LogP contribution in [0.15, 0.2) is 43.6 Å². The maximum atomic E-state index is 14.9. The number of likely N-dealkylation sites (tertiary alicyclic amines) is 1. The van der Waals surface area contributed by atoms with Gasteiger partial charge in [0.2, 0.25) is 5.91 Å². The Morgan fingerprint density at radius 2 is 2.11 bits per heavy atom. The molecule has 1 aromatic carbocycles. The average Bonchev–Trinajstić information content (AvgIpc) is 3.58. The number of fused-ring (bicyclic) bond motifs is 2. The third kappa shape index (κ3) is 3.97. The normalized spacial score (nSPS) is 17.5. The number of benzene rings is 1. The lowest BCUT2D eigenvalue weighted by molar-refractivity contribution is -0.127. The fourth-order valence-corrected chi connectivity index (χ4v) is 4.87. The molecular weight excluding hydrogens is 461 g/mol. The van der Waals surface area contributed by atoms with Crippen molar-refractivity contribution >= 4 is 33.8 Å². The van der Waals surface area contributed by atoms with Crippen LogP contribution in [0.4, 0.5) is 10.2 Å². The summed E-state index contributed by atoms with van der Waals surface area (Å²) >= 11 is 0. The number of nitrogens with two attached hydrogens (primary N) is 1. The van der Waals surface area contributed by atoms with Crippen molar-refractivity contribution in [2.75, 3.05) is 26.0 Å². The Balaban J connectivity index is 1.56. The molecule has 184 valence electrons. The van der Waals surface area contributed by atoms with Gasteiger partial charge in [0.25, 0.3) is 0 Å². The van der Waals surface area contributed by atoms with Crippen molar-refractivity contribution in [2.24, 2.45) is 0 Å². The van der Waals surface area contributed by atoms with E-state index in [0.29, 0.717) is 48.2 Å². The number of halogens is 1. The first-order valence-electron chi connectivity index (χ1n) is 11.6. The molecule has 9 nitrogen and oxygen atoms in total. The minimum absolute atomic E-state index is 0.0764. The zero-order valence-electron chi connectivity index (χ0n) is 20.1. The number of carbonyl (C=O) groups excluding carboxylic acids is 1.